The van der Waals surface area contributed by atoms with Crippen molar-refractivity contribution in [3.05, 3.63) is 47.6 Å². The first-order chi connectivity index (χ1) is 17.9. The number of carbonyl (C=O) groups is 1. The van der Waals surface area contributed by atoms with Gasteiger partial charge in [0.05, 0.1) is 18.8 Å². The van der Waals surface area contributed by atoms with Crippen LogP contribution in [0.5, 0.6) is 0 Å². The second-order valence-corrected chi connectivity index (χ2v) is 11.5. The quantitative estimate of drug-likeness (QED) is 0.198. The lowest BCUT2D eigenvalue weighted by Gasteiger charge is -2.29. The van der Waals surface area contributed by atoms with Crippen molar-refractivity contribution in [2.45, 2.75) is 110 Å². The van der Waals surface area contributed by atoms with Gasteiger partial charge in [-0.25, -0.2) is 0 Å². The van der Waals surface area contributed by atoms with Gasteiger partial charge >= 0.3 is 5.97 Å². The number of fused-ring (bicyclic) bond motifs is 1. The molecule has 2 unspecified atom stereocenters. The molecule has 3 aliphatic rings. The Morgan fingerprint density at radius 1 is 1.27 bits per heavy atom. The van der Waals surface area contributed by atoms with Crippen LogP contribution in [0, 0.1) is 23.7 Å². The fraction of sp³-hybridized carbons (Fsp3) is 0.719. The first-order valence-corrected chi connectivity index (χ1v) is 14.6. The van der Waals surface area contributed by atoms with Crippen molar-refractivity contribution in [1.82, 2.24) is 0 Å². The monoisotopic (exact) mass is 514 g/mol. The van der Waals surface area contributed by atoms with Gasteiger partial charge in [0.1, 0.15) is 0 Å². The number of hydrogen-bond acceptors (Lipinski definition) is 5. The Kier molecular flexibility index (Phi) is 12.6. The molecule has 2 fully saturated rings. The molecule has 1 heterocycles. The summed E-state index contributed by atoms with van der Waals surface area (Å²) in [7, 11) is 0. The molecule has 1 saturated carbocycles. The maximum atomic E-state index is 11.6. The number of hydrogen-bond donors (Lipinski definition) is 1. The van der Waals surface area contributed by atoms with Crippen molar-refractivity contribution in [2.24, 2.45) is 23.7 Å². The number of ether oxygens (including phenoxy) is 3. The molecule has 0 bridgehead atoms. The Labute approximate surface area is 225 Å². The minimum absolute atomic E-state index is 0.0975. The molecule has 1 aliphatic heterocycles. The first kappa shape index (κ1) is 29.9. The molecule has 0 aromatic heterocycles. The number of aliphatic hydroxyl groups is 1. The van der Waals surface area contributed by atoms with E-state index in [0.29, 0.717) is 37.2 Å². The van der Waals surface area contributed by atoms with Crippen molar-refractivity contribution in [1.29, 1.82) is 0 Å². The van der Waals surface area contributed by atoms with Crippen LogP contribution in [0.15, 0.2) is 47.6 Å². The summed E-state index contributed by atoms with van der Waals surface area (Å²) in [5.41, 5.74) is 2.70. The highest BCUT2D eigenvalue weighted by molar-refractivity contribution is 5.69. The van der Waals surface area contributed by atoms with Crippen LogP contribution in [0.2, 0.25) is 0 Å². The van der Waals surface area contributed by atoms with Crippen LogP contribution in [-0.4, -0.2) is 42.8 Å². The van der Waals surface area contributed by atoms with Crippen LogP contribution in [0.25, 0.3) is 0 Å². The molecule has 1 saturated heterocycles. The molecular weight excluding hydrogens is 464 g/mol. The maximum Gasteiger partial charge on any atom is 0.306 e. The zero-order valence-electron chi connectivity index (χ0n) is 23.6. The highest BCUT2D eigenvalue weighted by Gasteiger charge is 2.45. The lowest BCUT2D eigenvalue weighted by Crippen LogP contribution is -2.30. The van der Waals surface area contributed by atoms with Crippen molar-refractivity contribution in [3.63, 3.8) is 0 Å². The Balaban J connectivity index is 1.58. The highest BCUT2D eigenvalue weighted by Crippen LogP contribution is 2.49. The minimum Gasteiger partial charge on any atom is -0.466 e. The molecule has 37 heavy (non-hydrogen) atoms. The molecule has 0 aromatic rings. The van der Waals surface area contributed by atoms with E-state index in [1.165, 1.54) is 11.1 Å². The van der Waals surface area contributed by atoms with E-state index in [1.807, 2.05) is 13.0 Å². The van der Waals surface area contributed by atoms with Crippen LogP contribution in [0.1, 0.15) is 91.9 Å². The summed E-state index contributed by atoms with van der Waals surface area (Å²) >= 11 is 0. The second kappa shape index (κ2) is 15.7. The van der Waals surface area contributed by atoms with Crippen LogP contribution < -0.4 is 0 Å². The fourth-order valence-corrected chi connectivity index (χ4v) is 6.00. The van der Waals surface area contributed by atoms with E-state index in [4.69, 9.17) is 14.2 Å². The largest absolute Gasteiger partial charge is 0.466 e. The standard InChI is InChI=1S/C32H50O5/c1-5-35-31(34)14-7-6-13-25-20-26-22-30(37-32-15-8-9-18-36-32)28(29(26)21-25)17-16-27(33)19-24(4)12-10-11-23(2)3/h6,11,13,16-17,20,24,26-30,32-33H,5,7-10,12,14-15,18-19,21-22H2,1-4H3/t24-,26+,27?,28+,29-,30-,32?/m1/s1. The summed E-state index contributed by atoms with van der Waals surface area (Å²) in [6, 6.07) is 0. The van der Waals surface area contributed by atoms with Crippen LogP contribution in [0.3, 0.4) is 0 Å². The third-order valence-corrected chi connectivity index (χ3v) is 7.91. The van der Waals surface area contributed by atoms with E-state index < -0.39 is 6.10 Å². The second-order valence-electron chi connectivity index (χ2n) is 11.5. The molecule has 0 spiro atoms. The van der Waals surface area contributed by atoms with Gasteiger partial charge in [-0.2, -0.15) is 0 Å². The normalized spacial score (nSPS) is 29.3. The molecular formula is C32H50O5. The van der Waals surface area contributed by atoms with Gasteiger partial charge < -0.3 is 19.3 Å². The van der Waals surface area contributed by atoms with Gasteiger partial charge in [-0.15, -0.1) is 0 Å². The molecule has 0 aromatic carbocycles. The summed E-state index contributed by atoms with van der Waals surface area (Å²) in [6.45, 7) is 9.56. The lowest BCUT2D eigenvalue weighted by atomic mass is 9.88. The molecule has 208 valence electrons. The van der Waals surface area contributed by atoms with E-state index in [2.05, 4.69) is 51.2 Å². The maximum absolute atomic E-state index is 11.6. The zero-order valence-corrected chi connectivity index (χ0v) is 23.6. The molecule has 3 rings (SSSR count). The Morgan fingerprint density at radius 2 is 2.11 bits per heavy atom. The highest BCUT2D eigenvalue weighted by atomic mass is 16.7. The number of rotatable bonds is 14. The topological polar surface area (TPSA) is 65.0 Å². The molecule has 5 heteroatoms. The van der Waals surface area contributed by atoms with E-state index in [-0.39, 0.29) is 24.3 Å². The Bertz CT molecular complexity index is 815. The van der Waals surface area contributed by atoms with Crippen molar-refractivity contribution < 1.29 is 24.1 Å². The van der Waals surface area contributed by atoms with Crippen molar-refractivity contribution in [3.8, 4) is 0 Å². The number of aliphatic hydroxyl groups excluding tert-OH is 1. The smallest absolute Gasteiger partial charge is 0.306 e. The van der Waals surface area contributed by atoms with Gasteiger partial charge in [-0.1, -0.05) is 54.5 Å². The summed E-state index contributed by atoms with van der Waals surface area (Å²) in [4.78, 5) is 11.6. The SMILES string of the molecule is CCOC(=O)CCC=CC1=C[C@H]2C[C@@H](OC3CCCCO3)[C@@H](C=CC(O)C[C@H](C)CCC=C(C)C)[C@@H]2C1. The average molecular weight is 515 g/mol. The molecule has 5 nitrogen and oxygen atoms in total. The van der Waals surface area contributed by atoms with Crippen LogP contribution >= 0.6 is 0 Å². The summed E-state index contributed by atoms with van der Waals surface area (Å²) in [5.74, 6) is 1.58. The Morgan fingerprint density at radius 3 is 2.84 bits per heavy atom. The molecule has 2 aliphatic carbocycles. The van der Waals surface area contributed by atoms with Gasteiger partial charge in [0.2, 0.25) is 0 Å². The van der Waals surface area contributed by atoms with Gasteiger partial charge in [-0.05, 0) is 96.3 Å². The third kappa shape index (κ3) is 10.2. The first-order valence-electron chi connectivity index (χ1n) is 14.6. The summed E-state index contributed by atoms with van der Waals surface area (Å²) < 4.78 is 17.4. The average Bonchev–Trinajstić information content (AvgIpc) is 3.38. The Hall–Kier alpha value is -1.69. The summed E-state index contributed by atoms with van der Waals surface area (Å²) in [6.07, 6.45) is 22.2. The fourth-order valence-electron chi connectivity index (χ4n) is 6.00. The predicted molar refractivity (Wildman–Crippen MR) is 149 cm³/mol. The summed E-state index contributed by atoms with van der Waals surface area (Å²) in [5, 5.41) is 10.8. The molecule has 0 radical (unpaired) electrons. The number of esters is 1. The van der Waals surface area contributed by atoms with Crippen molar-refractivity contribution >= 4 is 5.97 Å². The number of carbonyl (C=O) groups excluding carboxylic acids is 1. The molecule has 7 atom stereocenters. The third-order valence-electron chi connectivity index (χ3n) is 7.91. The van der Waals surface area contributed by atoms with Gasteiger partial charge in [-0.3, -0.25) is 4.79 Å². The van der Waals surface area contributed by atoms with E-state index in [9.17, 15) is 9.90 Å². The van der Waals surface area contributed by atoms with Gasteiger partial charge in [0.25, 0.3) is 0 Å². The van der Waals surface area contributed by atoms with E-state index >= 15 is 0 Å². The number of allylic oxidation sites excluding steroid dienone is 6. The van der Waals surface area contributed by atoms with Crippen LogP contribution in [-0.2, 0) is 19.0 Å². The minimum atomic E-state index is -0.427. The van der Waals surface area contributed by atoms with Crippen molar-refractivity contribution in [2.75, 3.05) is 13.2 Å². The molecule has 1 N–H and O–H groups in total. The van der Waals surface area contributed by atoms with Gasteiger partial charge in [0, 0.05) is 18.9 Å². The lowest BCUT2D eigenvalue weighted by molar-refractivity contribution is -0.192. The van der Waals surface area contributed by atoms with E-state index in [1.54, 1.807) is 0 Å². The van der Waals surface area contributed by atoms with E-state index in [0.717, 1.165) is 58.0 Å². The molecule has 0 amide bonds. The van der Waals surface area contributed by atoms with Crippen LogP contribution in [0.4, 0.5) is 0 Å². The zero-order chi connectivity index (χ0) is 26.6. The predicted octanol–water partition coefficient (Wildman–Crippen LogP) is 7.07. The van der Waals surface area contributed by atoms with Gasteiger partial charge in [0.15, 0.2) is 6.29 Å².